The maximum absolute atomic E-state index is 11.0. The second-order valence-corrected chi connectivity index (χ2v) is 4.00. The molecule has 0 saturated heterocycles. The maximum atomic E-state index is 11.0. The number of carbonyl (C=O) groups excluding carboxylic acids is 2. The zero-order chi connectivity index (χ0) is 13.6. The maximum Gasteiger partial charge on any atom is 0.384 e. The Bertz CT molecular complexity index is 299. The van der Waals surface area contributed by atoms with Crippen molar-refractivity contribution in [1.82, 2.24) is 0 Å². The molecule has 0 amide bonds. The zero-order valence-electron chi connectivity index (χ0n) is 11.3. The van der Waals surface area contributed by atoms with Crippen molar-refractivity contribution in [2.24, 2.45) is 0 Å². The van der Waals surface area contributed by atoms with Crippen LogP contribution >= 0.6 is 0 Å². The van der Waals surface area contributed by atoms with Crippen LogP contribution in [0.25, 0.3) is 0 Å². The predicted octanol–water partition coefficient (Wildman–Crippen LogP) is 2.46. The molecule has 0 rings (SSSR count). The van der Waals surface area contributed by atoms with Crippen LogP contribution in [0.15, 0.2) is 0 Å². The van der Waals surface area contributed by atoms with E-state index in [1.165, 1.54) is 39.2 Å². The van der Waals surface area contributed by atoms with E-state index in [1.54, 1.807) is 0 Å². The summed E-state index contributed by atoms with van der Waals surface area (Å²) in [5, 5.41) is 0. The Kier molecular flexibility index (Phi) is 11.0. The molecule has 0 fully saturated rings. The van der Waals surface area contributed by atoms with Gasteiger partial charge in [0.25, 0.3) is 0 Å². The minimum absolute atomic E-state index is 0.364. The van der Waals surface area contributed by atoms with Crippen LogP contribution in [-0.2, 0) is 19.1 Å². The van der Waals surface area contributed by atoms with Crippen molar-refractivity contribution in [3.63, 3.8) is 0 Å². The molecule has 0 aliphatic heterocycles. The van der Waals surface area contributed by atoms with Crippen LogP contribution in [-0.4, -0.2) is 25.7 Å². The molecule has 0 atom stereocenters. The van der Waals surface area contributed by atoms with Gasteiger partial charge in [-0.15, -0.1) is 0 Å². The molecule has 0 bridgehead atoms. The molecule has 4 nitrogen and oxygen atoms in total. The molecule has 4 heteroatoms. The van der Waals surface area contributed by atoms with E-state index in [-0.39, 0.29) is 0 Å². The van der Waals surface area contributed by atoms with E-state index >= 15 is 0 Å². The van der Waals surface area contributed by atoms with E-state index in [0.717, 1.165) is 12.8 Å². The van der Waals surface area contributed by atoms with Crippen LogP contribution in [0.5, 0.6) is 0 Å². The minimum Gasteiger partial charge on any atom is -0.459 e. The van der Waals surface area contributed by atoms with Gasteiger partial charge in [-0.05, 0) is 6.42 Å². The lowest BCUT2D eigenvalue weighted by atomic mass is 10.1. The van der Waals surface area contributed by atoms with Gasteiger partial charge in [-0.1, -0.05) is 45.4 Å². The van der Waals surface area contributed by atoms with Crippen molar-refractivity contribution in [1.29, 1.82) is 0 Å². The van der Waals surface area contributed by atoms with E-state index in [2.05, 4.69) is 17.6 Å². The lowest BCUT2D eigenvalue weighted by Crippen LogP contribution is -2.04. The first-order chi connectivity index (χ1) is 8.70. The highest BCUT2D eigenvalue weighted by Crippen LogP contribution is 2.06. The summed E-state index contributed by atoms with van der Waals surface area (Å²) in [6.45, 7) is 2.55. The SMILES string of the molecule is CCCCCCCCCOC(=O)C#CC(=O)OC. The number of unbranched alkanes of at least 4 members (excludes halogenated alkanes) is 6. The first kappa shape index (κ1) is 16.5. The van der Waals surface area contributed by atoms with Gasteiger partial charge >= 0.3 is 11.9 Å². The molecule has 0 saturated carbocycles. The van der Waals surface area contributed by atoms with Crippen molar-refractivity contribution < 1.29 is 19.1 Å². The number of methoxy groups -OCH3 is 1. The van der Waals surface area contributed by atoms with Gasteiger partial charge in [-0.3, -0.25) is 0 Å². The summed E-state index contributed by atoms with van der Waals surface area (Å²) in [7, 11) is 1.21. The number of hydrogen-bond donors (Lipinski definition) is 0. The van der Waals surface area contributed by atoms with E-state index < -0.39 is 11.9 Å². The molecule has 0 aromatic rings. The molecule has 18 heavy (non-hydrogen) atoms. The Morgan fingerprint density at radius 1 is 0.889 bits per heavy atom. The van der Waals surface area contributed by atoms with Crippen molar-refractivity contribution in [3.05, 3.63) is 0 Å². The molecule has 0 spiro atoms. The zero-order valence-corrected chi connectivity index (χ0v) is 11.3. The van der Waals surface area contributed by atoms with Gasteiger partial charge in [0.15, 0.2) is 0 Å². The van der Waals surface area contributed by atoms with Crippen LogP contribution in [0.4, 0.5) is 0 Å². The largest absolute Gasteiger partial charge is 0.459 e. The Morgan fingerprint density at radius 2 is 1.44 bits per heavy atom. The van der Waals surface area contributed by atoms with Crippen LogP contribution in [0.1, 0.15) is 51.9 Å². The highest BCUT2D eigenvalue weighted by Gasteiger charge is 1.98. The average Bonchev–Trinajstić information content (AvgIpc) is 2.39. The highest BCUT2D eigenvalue weighted by atomic mass is 16.5. The Morgan fingerprint density at radius 3 is 2.06 bits per heavy atom. The Labute approximate surface area is 109 Å². The number of hydrogen-bond acceptors (Lipinski definition) is 4. The van der Waals surface area contributed by atoms with Gasteiger partial charge in [-0.2, -0.15) is 0 Å². The van der Waals surface area contributed by atoms with Gasteiger partial charge in [-0.25, -0.2) is 9.59 Å². The average molecular weight is 254 g/mol. The summed E-state index contributed by atoms with van der Waals surface area (Å²) in [5.41, 5.74) is 0. The molecule has 0 unspecified atom stereocenters. The molecule has 0 aliphatic carbocycles. The predicted molar refractivity (Wildman–Crippen MR) is 68.7 cm³/mol. The van der Waals surface area contributed by atoms with Gasteiger partial charge in [0.2, 0.25) is 0 Å². The number of carbonyl (C=O) groups is 2. The van der Waals surface area contributed by atoms with Crippen LogP contribution in [0.2, 0.25) is 0 Å². The van der Waals surface area contributed by atoms with E-state index in [4.69, 9.17) is 4.74 Å². The second-order valence-electron chi connectivity index (χ2n) is 4.00. The quantitative estimate of drug-likeness (QED) is 0.289. The number of ether oxygens (including phenoxy) is 2. The van der Waals surface area contributed by atoms with Crippen molar-refractivity contribution in [2.45, 2.75) is 51.9 Å². The first-order valence-corrected chi connectivity index (χ1v) is 6.47. The van der Waals surface area contributed by atoms with E-state index in [9.17, 15) is 9.59 Å². The fraction of sp³-hybridized carbons (Fsp3) is 0.714. The molecule has 0 aromatic carbocycles. The standard InChI is InChI=1S/C14H22O4/c1-3-4-5-6-7-8-9-12-18-14(16)11-10-13(15)17-2/h3-9,12H2,1-2H3. The molecule has 0 aliphatic rings. The van der Waals surface area contributed by atoms with E-state index in [0.29, 0.717) is 6.61 Å². The summed E-state index contributed by atoms with van der Waals surface area (Å²) in [6.07, 6.45) is 8.13. The molecule has 0 N–H and O–H groups in total. The molecule has 0 radical (unpaired) electrons. The molecular formula is C14H22O4. The molecule has 0 heterocycles. The summed E-state index contributed by atoms with van der Waals surface area (Å²) in [5.74, 6) is 2.68. The van der Waals surface area contributed by atoms with Gasteiger partial charge in [0.1, 0.15) is 0 Å². The normalized spacial score (nSPS) is 9.22. The minimum atomic E-state index is -0.733. The fourth-order valence-electron chi connectivity index (χ4n) is 1.41. The van der Waals surface area contributed by atoms with Crippen LogP contribution in [0.3, 0.4) is 0 Å². The second kappa shape index (κ2) is 12.0. The third kappa shape index (κ3) is 11.0. The van der Waals surface area contributed by atoms with Crippen LogP contribution in [0, 0.1) is 11.8 Å². The smallest absolute Gasteiger partial charge is 0.384 e. The Hall–Kier alpha value is -1.50. The van der Waals surface area contributed by atoms with E-state index in [1.807, 2.05) is 5.92 Å². The third-order valence-corrected chi connectivity index (χ3v) is 2.43. The highest BCUT2D eigenvalue weighted by molar-refractivity contribution is 5.98. The van der Waals surface area contributed by atoms with Crippen molar-refractivity contribution in [2.75, 3.05) is 13.7 Å². The Balaban J connectivity index is 3.40. The van der Waals surface area contributed by atoms with Gasteiger partial charge in [0, 0.05) is 11.8 Å². The molecular weight excluding hydrogens is 232 g/mol. The van der Waals surface area contributed by atoms with Gasteiger partial charge in [0.05, 0.1) is 13.7 Å². The summed E-state index contributed by atoms with van der Waals surface area (Å²) >= 11 is 0. The number of rotatable bonds is 8. The lowest BCUT2D eigenvalue weighted by Gasteiger charge is -2.01. The van der Waals surface area contributed by atoms with Crippen LogP contribution < -0.4 is 0 Å². The van der Waals surface area contributed by atoms with Crippen molar-refractivity contribution in [3.8, 4) is 11.8 Å². The summed E-state index contributed by atoms with van der Waals surface area (Å²) in [6, 6.07) is 0. The molecule has 0 aromatic heterocycles. The molecule has 102 valence electrons. The van der Waals surface area contributed by atoms with Crippen molar-refractivity contribution >= 4 is 11.9 Å². The first-order valence-electron chi connectivity index (χ1n) is 6.47. The number of esters is 2. The lowest BCUT2D eigenvalue weighted by molar-refractivity contribution is -0.137. The third-order valence-electron chi connectivity index (χ3n) is 2.43. The van der Waals surface area contributed by atoms with Gasteiger partial charge < -0.3 is 9.47 Å². The fourth-order valence-corrected chi connectivity index (χ4v) is 1.41. The summed E-state index contributed by atoms with van der Waals surface area (Å²) in [4.78, 5) is 21.6. The monoisotopic (exact) mass is 254 g/mol. The summed E-state index contributed by atoms with van der Waals surface area (Å²) < 4.78 is 9.11. The topological polar surface area (TPSA) is 52.6 Å².